The van der Waals surface area contributed by atoms with Gasteiger partial charge in [0.1, 0.15) is 0 Å². The fourth-order valence-electron chi connectivity index (χ4n) is 2.27. The molecule has 0 spiro atoms. The number of nitrogens with zero attached hydrogens (tertiary/aromatic N) is 1. The molecule has 2 rings (SSSR count). The summed E-state index contributed by atoms with van der Waals surface area (Å²) in [6.07, 6.45) is 2.34. The predicted octanol–water partition coefficient (Wildman–Crippen LogP) is -0.981. The number of carbonyl (C=O) groups excluding carboxylic acids is 3. The van der Waals surface area contributed by atoms with E-state index in [4.69, 9.17) is 4.74 Å². The zero-order valence-electron chi connectivity index (χ0n) is 11.7. The van der Waals surface area contributed by atoms with Crippen LogP contribution in [0.3, 0.4) is 0 Å². The number of rotatable bonds is 8. The van der Waals surface area contributed by atoms with E-state index in [1.165, 1.54) is 4.90 Å². The summed E-state index contributed by atoms with van der Waals surface area (Å²) in [6, 6.07) is -0.339. The first kappa shape index (κ1) is 14.9. The van der Waals surface area contributed by atoms with E-state index in [1.54, 1.807) is 7.11 Å². The van der Waals surface area contributed by atoms with Gasteiger partial charge in [-0.05, 0) is 12.8 Å². The van der Waals surface area contributed by atoms with Gasteiger partial charge in [0, 0.05) is 32.7 Å². The number of methoxy groups -OCH3 is 1. The normalized spacial score (nSPS) is 22.4. The highest BCUT2D eigenvalue weighted by atomic mass is 16.5. The molecule has 7 nitrogen and oxygen atoms in total. The van der Waals surface area contributed by atoms with E-state index in [9.17, 15) is 14.4 Å². The first-order valence-corrected chi connectivity index (χ1v) is 6.98. The van der Waals surface area contributed by atoms with Crippen molar-refractivity contribution in [3.05, 3.63) is 0 Å². The number of nitrogens with one attached hydrogen (secondary N) is 2. The van der Waals surface area contributed by atoms with Crippen LogP contribution < -0.4 is 10.6 Å². The van der Waals surface area contributed by atoms with Crippen LogP contribution >= 0.6 is 0 Å². The Labute approximate surface area is 118 Å². The molecule has 1 aliphatic carbocycles. The second-order valence-corrected chi connectivity index (χ2v) is 5.14. The third-order valence-electron chi connectivity index (χ3n) is 3.47. The lowest BCUT2D eigenvalue weighted by molar-refractivity contribution is -0.139. The SMILES string of the molecule is COCCNC(=O)CCNC1CC(=O)N(C2CC2)C1=O. The Hall–Kier alpha value is -1.47. The molecule has 2 N–H and O–H groups in total. The standard InChI is InChI=1S/C13H21N3O4/c1-20-7-6-15-11(17)4-5-14-10-8-12(18)16(13(10)19)9-2-3-9/h9-10,14H,2-8H2,1H3,(H,15,17). The van der Waals surface area contributed by atoms with Gasteiger partial charge in [0.05, 0.1) is 19.1 Å². The summed E-state index contributed by atoms with van der Waals surface area (Å²) < 4.78 is 4.83. The molecule has 2 aliphatic rings. The molecule has 7 heteroatoms. The summed E-state index contributed by atoms with van der Waals surface area (Å²) in [7, 11) is 1.57. The zero-order valence-corrected chi connectivity index (χ0v) is 11.7. The van der Waals surface area contributed by atoms with Crippen LogP contribution in [0.5, 0.6) is 0 Å². The first-order valence-electron chi connectivity index (χ1n) is 6.98. The monoisotopic (exact) mass is 283 g/mol. The Morgan fingerprint density at radius 2 is 2.10 bits per heavy atom. The maximum Gasteiger partial charge on any atom is 0.247 e. The number of imide groups is 1. The third kappa shape index (κ3) is 3.77. The summed E-state index contributed by atoms with van der Waals surface area (Å²) in [5.74, 6) is -0.331. The maximum absolute atomic E-state index is 12.0. The highest BCUT2D eigenvalue weighted by molar-refractivity contribution is 6.06. The Balaban J connectivity index is 1.66. The summed E-state index contributed by atoms with van der Waals surface area (Å²) in [6.45, 7) is 1.35. The van der Waals surface area contributed by atoms with Crippen LogP contribution in [0.1, 0.15) is 25.7 Å². The van der Waals surface area contributed by atoms with E-state index < -0.39 is 6.04 Å². The number of likely N-dealkylation sites (tertiary alicyclic amines) is 1. The van der Waals surface area contributed by atoms with Crippen molar-refractivity contribution in [2.75, 3.05) is 26.8 Å². The molecule has 112 valence electrons. The Kier molecular flexibility index (Phi) is 5.08. The van der Waals surface area contributed by atoms with Crippen LogP contribution in [0.2, 0.25) is 0 Å². The maximum atomic E-state index is 12.0. The second-order valence-electron chi connectivity index (χ2n) is 5.14. The first-order chi connectivity index (χ1) is 9.63. The van der Waals surface area contributed by atoms with E-state index in [2.05, 4.69) is 10.6 Å². The molecule has 20 heavy (non-hydrogen) atoms. The largest absolute Gasteiger partial charge is 0.383 e. The molecule has 1 saturated heterocycles. The van der Waals surface area contributed by atoms with E-state index in [-0.39, 0.29) is 36.6 Å². The van der Waals surface area contributed by atoms with Gasteiger partial charge in [-0.15, -0.1) is 0 Å². The van der Waals surface area contributed by atoms with Crippen molar-refractivity contribution in [3.63, 3.8) is 0 Å². The number of hydrogen-bond donors (Lipinski definition) is 2. The zero-order chi connectivity index (χ0) is 14.5. The van der Waals surface area contributed by atoms with Crippen molar-refractivity contribution in [2.24, 2.45) is 0 Å². The van der Waals surface area contributed by atoms with Crippen molar-refractivity contribution in [2.45, 2.75) is 37.8 Å². The quantitative estimate of drug-likeness (QED) is 0.441. The molecule has 1 atom stereocenters. The van der Waals surface area contributed by atoms with Crippen molar-refractivity contribution in [1.29, 1.82) is 0 Å². The van der Waals surface area contributed by atoms with Crippen LogP contribution in [-0.2, 0) is 19.1 Å². The van der Waals surface area contributed by atoms with Gasteiger partial charge >= 0.3 is 0 Å². The third-order valence-corrected chi connectivity index (χ3v) is 3.47. The van der Waals surface area contributed by atoms with E-state index >= 15 is 0 Å². The molecular formula is C13H21N3O4. The number of amides is 3. The van der Waals surface area contributed by atoms with Crippen LogP contribution in [0, 0.1) is 0 Å². The van der Waals surface area contributed by atoms with Crippen LogP contribution in [0.4, 0.5) is 0 Å². The fraction of sp³-hybridized carbons (Fsp3) is 0.769. The summed E-state index contributed by atoms with van der Waals surface area (Å²) in [4.78, 5) is 36.6. The molecule has 0 aromatic carbocycles. The Bertz CT molecular complexity index is 395. The van der Waals surface area contributed by atoms with Crippen LogP contribution in [0.25, 0.3) is 0 Å². The van der Waals surface area contributed by atoms with Gasteiger partial charge in [0.25, 0.3) is 0 Å². The molecule has 0 bridgehead atoms. The summed E-state index contributed by atoms with van der Waals surface area (Å²) in [5, 5.41) is 5.69. The van der Waals surface area contributed by atoms with Crippen molar-refractivity contribution in [3.8, 4) is 0 Å². The van der Waals surface area contributed by atoms with Crippen molar-refractivity contribution >= 4 is 17.7 Å². The molecule has 1 unspecified atom stereocenters. The van der Waals surface area contributed by atoms with Gasteiger partial charge in [0.15, 0.2) is 0 Å². The smallest absolute Gasteiger partial charge is 0.247 e. The van der Waals surface area contributed by atoms with E-state index in [1.807, 2.05) is 0 Å². The molecule has 1 saturated carbocycles. The molecule has 0 aromatic rings. The number of ether oxygens (including phenoxy) is 1. The molecule has 0 radical (unpaired) electrons. The van der Waals surface area contributed by atoms with E-state index in [0.717, 1.165) is 12.8 Å². The van der Waals surface area contributed by atoms with Crippen LogP contribution in [0.15, 0.2) is 0 Å². The average Bonchev–Trinajstić information content (AvgIpc) is 3.18. The summed E-state index contributed by atoms with van der Waals surface area (Å²) >= 11 is 0. The van der Waals surface area contributed by atoms with Gasteiger partial charge in [-0.2, -0.15) is 0 Å². The second kappa shape index (κ2) is 6.81. The molecule has 2 fully saturated rings. The molecular weight excluding hydrogens is 262 g/mol. The number of hydrogen-bond acceptors (Lipinski definition) is 5. The summed E-state index contributed by atoms with van der Waals surface area (Å²) in [5.41, 5.74) is 0. The molecule has 1 heterocycles. The lowest BCUT2D eigenvalue weighted by Gasteiger charge is -2.14. The van der Waals surface area contributed by atoms with Gasteiger partial charge in [-0.25, -0.2) is 0 Å². The highest BCUT2D eigenvalue weighted by Crippen LogP contribution is 2.31. The van der Waals surface area contributed by atoms with E-state index in [0.29, 0.717) is 19.7 Å². The molecule has 3 amide bonds. The van der Waals surface area contributed by atoms with Gasteiger partial charge in [-0.1, -0.05) is 0 Å². The average molecular weight is 283 g/mol. The predicted molar refractivity (Wildman–Crippen MR) is 70.8 cm³/mol. The van der Waals surface area contributed by atoms with Crippen molar-refractivity contribution < 1.29 is 19.1 Å². The minimum absolute atomic E-state index is 0.0922. The fourth-order valence-corrected chi connectivity index (χ4v) is 2.27. The van der Waals surface area contributed by atoms with Gasteiger partial charge in [-0.3, -0.25) is 19.3 Å². The highest BCUT2D eigenvalue weighted by Gasteiger charge is 2.45. The van der Waals surface area contributed by atoms with Gasteiger partial charge < -0.3 is 15.4 Å². The van der Waals surface area contributed by atoms with Gasteiger partial charge in [0.2, 0.25) is 17.7 Å². The number of carbonyl (C=O) groups is 3. The lowest BCUT2D eigenvalue weighted by Crippen LogP contribution is -2.41. The minimum atomic E-state index is -0.463. The lowest BCUT2D eigenvalue weighted by atomic mass is 10.2. The topological polar surface area (TPSA) is 87.7 Å². The van der Waals surface area contributed by atoms with Crippen molar-refractivity contribution in [1.82, 2.24) is 15.5 Å². The Morgan fingerprint density at radius 3 is 2.75 bits per heavy atom. The molecule has 1 aliphatic heterocycles. The Morgan fingerprint density at radius 1 is 1.35 bits per heavy atom. The minimum Gasteiger partial charge on any atom is -0.383 e. The van der Waals surface area contributed by atoms with Crippen LogP contribution in [-0.4, -0.2) is 61.5 Å². The molecule has 0 aromatic heterocycles.